The maximum absolute atomic E-state index is 14.5. The Hall–Kier alpha value is -4.13. The Labute approximate surface area is 303 Å². The second-order valence-corrected chi connectivity index (χ2v) is 17.8. The molecule has 2 aliphatic carbocycles. The van der Waals surface area contributed by atoms with Gasteiger partial charge < -0.3 is 9.64 Å². The summed E-state index contributed by atoms with van der Waals surface area (Å²) in [5, 5.41) is 0. The third kappa shape index (κ3) is 7.25. The van der Waals surface area contributed by atoms with Crippen LogP contribution in [-0.2, 0) is 48.7 Å². The molecule has 278 valence electrons. The molecule has 5 atom stereocenters. The third-order valence-electron chi connectivity index (χ3n) is 11.8. The number of benzene rings is 2. The first-order valence-corrected chi connectivity index (χ1v) is 19.8. The van der Waals surface area contributed by atoms with Crippen LogP contribution < -0.4 is 4.72 Å². The lowest BCUT2D eigenvalue weighted by Crippen LogP contribution is -2.47. The second kappa shape index (κ2) is 14.0. The van der Waals surface area contributed by atoms with E-state index in [2.05, 4.69) is 4.72 Å². The summed E-state index contributed by atoms with van der Waals surface area (Å²) in [6.07, 6.45) is 7.31. The van der Waals surface area contributed by atoms with E-state index in [1.54, 1.807) is 31.2 Å². The zero-order chi connectivity index (χ0) is 36.8. The van der Waals surface area contributed by atoms with Crippen molar-refractivity contribution in [2.45, 2.75) is 108 Å². The number of carbonyl (C=O) groups excluding carboxylic acids is 4. The zero-order valence-electron chi connectivity index (χ0n) is 29.3. The van der Waals surface area contributed by atoms with E-state index >= 15 is 0 Å². The van der Waals surface area contributed by atoms with Crippen molar-refractivity contribution in [1.29, 1.82) is 0 Å². The fourth-order valence-electron chi connectivity index (χ4n) is 8.05. The topological polar surface area (TPSA) is 130 Å². The van der Waals surface area contributed by atoms with E-state index in [-0.39, 0.29) is 50.1 Å². The molecular formula is C39H45F2N3O7S. The van der Waals surface area contributed by atoms with Crippen molar-refractivity contribution < 1.29 is 41.1 Å². The monoisotopic (exact) mass is 737 g/mol. The predicted octanol–water partition coefficient (Wildman–Crippen LogP) is 5.73. The molecule has 0 bridgehead atoms. The van der Waals surface area contributed by atoms with Gasteiger partial charge in [0, 0.05) is 30.9 Å². The molecule has 2 saturated carbocycles. The van der Waals surface area contributed by atoms with Crippen LogP contribution in [0.25, 0.3) is 0 Å². The molecule has 52 heavy (non-hydrogen) atoms. The summed E-state index contributed by atoms with van der Waals surface area (Å²) < 4.78 is 61.6. The Balaban J connectivity index is 1.15. The number of Topliss-reactive ketones (excluding diaryl/α,β-unsaturated/α-hetero) is 1. The van der Waals surface area contributed by atoms with Crippen molar-refractivity contribution in [1.82, 2.24) is 14.5 Å². The van der Waals surface area contributed by atoms with E-state index < -0.39 is 61.8 Å². The quantitative estimate of drug-likeness (QED) is 0.375. The van der Waals surface area contributed by atoms with Gasteiger partial charge in [0.15, 0.2) is 5.78 Å². The van der Waals surface area contributed by atoms with Gasteiger partial charge in [-0.25, -0.2) is 22.0 Å². The number of sulfonamides is 1. The summed E-state index contributed by atoms with van der Waals surface area (Å²) >= 11 is 0. The molecule has 3 fully saturated rings. The van der Waals surface area contributed by atoms with Gasteiger partial charge >= 0.3 is 6.09 Å². The van der Waals surface area contributed by atoms with Crippen molar-refractivity contribution >= 4 is 33.7 Å². The third-order valence-corrected chi connectivity index (χ3v) is 14.0. The van der Waals surface area contributed by atoms with E-state index in [1.807, 2.05) is 12.2 Å². The van der Waals surface area contributed by atoms with Gasteiger partial charge in [-0.1, -0.05) is 49.3 Å². The van der Waals surface area contributed by atoms with Crippen molar-refractivity contribution in [3.63, 3.8) is 0 Å². The minimum atomic E-state index is -3.96. The van der Waals surface area contributed by atoms with Gasteiger partial charge in [0.25, 0.3) is 0 Å². The van der Waals surface area contributed by atoms with Gasteiger partial charge in [-0.2, -0.15) is 0 Å². The first-order chi connectivity index (χ1) is 24.8. The molecule has 0 unspecified atom stereocenters. The number of hydrogen-bond donors (Lipinski definition) is 1. The normalized spacial score (nSPS) is 29.2. The second-order valence-electron chi connectivity index (χ2n) is 15.6. The Morgan fingerprint density at radius 2 is 1.79 bits per heavy atom. The van der Waals surface area contributed by atoms with Crippen LogP contribution in [0.1, 0.15) is 87.8 Å². The molecule has 7 rings (SSSR count). The Kier molecular flexibility index (Phi) is 9.77. The molecule has 13 heteroatoms. The molecular weight excluding hydrogens is 693 g/mol. The molecule has 0 aromatic heterocycles. The number of ketones is 1. The molecule has 3 heterocycles. The van der Waals surface area contributed by atoms with E-state index in [4.69, 9.17) is 4.74 Å². The molecule has 2 aromatic carbocycles. The lowest BCUT2D eigenvalue weighted by atomic mass is 9.90. The summed E-state index contributed by atoms with van der Waals surface area (Å²) in [5.41, 5.74) is 0.587. The highest BCUT2D eigenvalue weighted by molar-refractivity contribution is 7.91. The molecule has 1 N–H and O–H groups in total. The molecule has 3 amide bonds. The number of amides is 3. The van der Waals surface area contributed by atoms with Crippen molar-refractivity contribution in [3.8, 4) is 0 Å². The fourth-order valence-corrected chi connectivity index (χ4v) is 9.39. The van der Waals surface area contributed by atoms with E-state index in [0.29, 0.717) is 43.2 Å². The molecule has 3 aliphatic heterocycles. The van der Waals surface area contributed by atoms with E-state index in [9.17, 15) is 36.4 Å². The number of halogens is 2. The summed E-state index contributed by atoms with van der Waals surface area (Å²) in [5.74, 6) is -3.08. The van der Waals surface area contributed by atoms with Gasteiger partial charge in [0.1, 0.15) is 17.7 Å². The van der Waals surface area contributed by atoms with Crippen molar-refractivity contribution in [2.24, 2.45) is 17.3 Å². The molecule has 1 saturated heterocycles. The molecule has 2 aromatic rings. The minimum Gasteiger partial charge on any atom is -0.444 e. The largest absolute Gasteiger partial charge is 0.444 e. The fraction of sp³-hybridized carbons (Fsp3) is 0.538. The number of carbonyl (C=O) groups is 4. The van der Waals surface area contributed by atoms with E-state index in [0.717, 1.165) is 31.2 Å². The van der Waals surface area contributed by atoms with Gasteiger partial charge in [-0.15, -0.1) is 0 Å². The van der Waals surface area contributed by atoms with Crippen LogP contribution in [0.3, 0.4) is 0 Å². The number of rotatable bonds is 6. The molecule has 0 radical (unpaired) electrons. The van der Waals surface area contributed by atoms with Crippen LogP contribution in [0.2, 0.25) is 0 Å². The molecule has 10 nitrogen and oxygen atoms in total. The van der Waals surface area contributed by atoms with Gasteiger partial charge in [0.2, 0.25) is 21.8 Å². The number of allylic oxidation sites excluding steroid dienone is 2. The van der Waals surface area contributed by atoms with Crippen molar-refractivity contribution in [3.05, 3.63) is 82.9 Å². The van der Waals surface area contributed by atoms with E-state index in [1.165, 1.54) is 28.0 Å². The first kappa shape index (κ1) is 36.2. The van der Waals surface area contributed by atoms with Crippen LogP contribution in [0.5, 0.6) is 0 Å². The Bertz CT molecular complexity index is 1900. The summed E-state index contributed by atoms with van der Waals surface area (Å²) in [4.78, 5) is 59.0. The number of fused-ring (bicyclic) bond motifs is 3. The number of hydrogen-bond acceptors (Lipinski definition) is 7. The highest BCUT2D eigenvalue weighted by Gasteiger charge is 2.62. The Morgan fingerprint density at radius 1 is 1.02 bits per heavy atom. The smallest absolute Gasteiger partial charge is 0.410 e. The molecule has 0 spiro atoms. The summed E-state index contributed by atoms with van der Waals surface area (Å²) in [6, 6.07) is 9.62. The van der Waals surface area contributed by atoms with Crippen LogP contribution in [0, 0.1) is 28.9 Å². The molecule has 5 aliphatic rings. The van der Waals surface area contributed by atoms with Gasteiger partial charge in [0.05, 0.1) is 29.3 Å². The average Bonchev–Trinajstić information content (AvgIpc) is 3.90. The SMILES string of the molecule is CC1(S(=O)(=O)NC(=O)[C@]23CC(=O)[C@@H]4C[C@@H](OC(=O)N5Cc6cccc(F)c6C5)CN4C(=O)[C@@H](Cc4ccc(F)cc4)CCCCC/C=C\[C@H]2C3)CC1. The van der Waals surface area contributed by atoms with Crippen LogP contribution in [0.4, 0.5) is 13.6 Å². The van der Waals surface area contributed by atoms with Gasteiger partial charge in [-0.3, -0.25) is 24.0 Å². The highest BCUT2D eigenvalue weighted by Crippen LogP contribution is 2.57. The van der Waals surface area contributed by atoms with Crippen LogP contribution >= 0.6 is 0 Å². The van der Waals surface area contributed by atoms with Crippen LogP contribution in [-0.4, -0.2) is 65.3 Å². The number of nitrogens with one attached hydrogen (secondary N) is 1. The van der Waals surface area contributed by atoms with Crippen LogP contribution in [0.15, 0.2) is 54.6 Å². The maximum Gasteiger partial charge on any atom is 0.410 e. The Morgan fingerprint density at radius 3 is 2.52 bits per heavy atom. The number of nitrogens with zero attached hydrogens (tertiary/aromatic N) is 2. The summed E-state index contributed by atoms with van der Waals surface area (Å²) in [7, 11) is -3.96. The minimum absolute atomic E-state index is 0.00328. The first-order valence-electron chi connectivity index (χ1n) is 18.3. The lowest BCUT2D eigenvalue weighted by Gasteiger charge is -2.29. The standard InChI is InChI=1S/C39H45F2N3O7S/c1-38(16-17-38)52(49,50)42-36(47)39-20-28(39)10-6-4-2-3-5-8-26(18-25-12-14-29(40)15-13-25)35(46)44-23-30(19-33(44)34(45)21-39)51-37(48)43-22-27-9-7-11-32(41)31(27)24-43/h6-7,9-15,26,28,30,33H,2-5,8,16-24H2,1H3,(H,42,47)/b10-6-/t26-,28+,30-,33+,39-/m1/s1. The maximum atomic E-state index is 14.5. The van der Waals surface area contributed by atoms with Crippen molar-refractivity contribution in [2.75, 3.05) is 6.54 Å². The predicted molar refractivity (Wildman–Crippen MR) is 187 cm³/mol. The van der Waals surface area contributed by atoms with Gasteiger partial charge in [-0.05, 0) is 87.1 Å². The lowest BCUT2D eigenvalue weighted by molar-refractivity contribution is -0.142. The number of ether oxygens (including phenoxy) is 1. The summed E-state index contributed by atoms with van der Waals surface area (Å²) in [6.45, 7) is 1.74. The average molecular weight is 738 g/mol. The highest BCUT2D eigenvalue weighted by atomic mass is 32.2. The zero-order valence-corrected chi connectivity index (χ0v) is 30.1.